The lowest BCUT2D eigenvalue weighted by Crippen LogP contribution is -2.29. The van der Waals surface area contributed by atoms with E-state index in [0.717, 1.165) is 23.3 Å². The van der Waals surface area contributed by atoms with Crippen LogP contribution in [0.25, 0.3) is 11.1 Å². The molecule has 0 saturated carbocycles. The summed E-state index contributed by atoms with van der Waals surface area (Å²) in [4.78, 5) is 12.7. The molecule has 0 bridgehead atoms. The molecule has 4 nitrogen and oxygen atoms in total. The van der Waals surface area contributed by atoms with Gasteiger partial charge in [0.25, 0.3) is 0 Å². The molecule has 0 aliphatic rings. The Morgan fingerprint density at radius 1 is 1.13 bits per heavy atom. The van der Waals surface area contributed by atoms with Gasteiger partial charge in [0.2, 0.25) is 0 Å². The van der Waals surface area contributed by atoms with Crippen molar-refractivity contribution >= 4 is 11.8 Å². The highest BCUT2D eigenvalue weighted by molar-refractivity contribution is 5.86. The van der Waals surface area contributed by atoms with Gasteiger partial charge in [-0.3, -0.25) is 4.90 Å². The second-order valence-electron chi connectivity index (χ2n) is 5.64. The van der Waals surface area contributed by atoms with Gasteiger partial charge in [0.15, 0.2) is 0 Å². The van der Waals surface area contributed by atoms with Crippen molar-refractivity contribution in [1.29, 1.82) is 0 Å². The number of amides is 1. The van der Waals surface area contributed by atoms with Crippen LogP contribution in [0.3, 0.4) is 0 Å². The van der Waals surface area contributed by atoms with Gasteiger partial charge in [0, 0.05) is 17.8 Å². The molecule has 2 rings (SSSR count). The van der Waals surface area contributed by atoms with Gasteiger partial charge in [0.05, 0.1) is 6.10 Å². The van der Waals surface area contributed by atoms with E-state index in [1.54, 1.807) is 0 Å². The molecule has 0 radical (unpaired) electrons. The van der Waals surface area contributed by atoms with Gasteiger partial charge in [-0.15, -0.1) is 0 Å². The van der Waals surface area contributed by atoms with Crippen LogP contribution in [0.5, 0.6) is 5.75 Å². The van der Waals surface area contributed by atoms with E-state index in [1.807, 2.05) is 69.3 Å². The highest BCUT2D eigenvalue weighted by Gasteiger charge is 2.14. The third-order valence-corrected chi connectivity index (χ3v) is 3.42. The fraction of sp³-hybridized carbons (Fsp3) is 0.316. The van der Waals surface area contributed by atoms with E-state index in [2.05, 4.69) is 0 Å². The first-order valence-electron chi connectivity index (χ1n) is 7.89. The zero-order valence-corrected chi connectivity index (χ0v) is 13.8. The third-order valence-electron chi connectivity index (χ3n) is 3.42. The number of ether oxygens (including phenoxy) is 1. The highest BCUT2D eigenvalue weighted by Crippen LogP contribution is 2.31. The molecular formula is C19H23NO3. The largest absolute Gasteiger partial charge is 0.490 e. The maximum Gasteiger partial charge on any atom is 0.411 e. The number of carboxylic acid groups (broad SMARTS) is 1. The van der Waals surface area contributed by atoms with Crippen molar-refractivity contribution in [2.45, 2.75) is 33.3 Å². The number of carbonyl (C=O) groups is 1. The van der Waals surface area contributed by atoms with Crippen molar-refractivity contribution in [3.05, 3.63) is 48.5 Å². The molecule has 0 aliphatic heterocycles. The van der Waals surface area contributed by atoms with Crippen LogP contribution in [0.1, 0.15) is 27.2 Å². The summed E-state index contributed by atoms with van der Waals surface area (Å²) in [5, 5.41) is 9.29. The molecule has 1 amide bonds. The van der Waals surface area contributed by atoms with Gasteiger partial charge in [0.1, 0.15) is 5.75 Å². The molecule has 0 unspecified atom stereocenters. The van der Waals surface area contributed by atoms with E-state index in [4.69, 9.17) is 4.74 Å². The molecular weight excluding hydrogens is 290 g/mol. The second-order valence-corrected chi connectivity index (χ2v) is 5.64. The van der Waals surface area contributed by atoms with Crippen LogP contribution < -0.4 is 9.64 Å². The number of benzene rings is 2. The van der Waals surface area contributed by atoms with Crippen molar-refractivity contribution in [1.82, 2.24) is 0 Å². The van der Waals surface area contributed by atoms with E-state index in [1.165, 1.54) is 4.90 Å². The number of anilines is 1. The van der Waals surface area contributed by atoms with Crippen LogP contribution in [0.15, 0.2) is 48.5 Å². The smallest absolute Gasteiger partial charge is 0.411 e. The Kier molecular flexibility index (Phi) is 5.63. The average molecular weight is 313 g/mol. The Labute approximate surface area is 137 Å². The van der Waals surface area contributed by atoms with E-state index < -0.39 is 6.09 Å². The minimum absolute atomic E-state index is 0.0995. The Morgan fingerprint density at radius 2 is 1.78 bits per heavy atom. The quantitative estimate of drug-likeness (QED) is 0.813. The predicted octanol–water partition coefficient (Wildman–Crippen LogP) is 5.04. The van der Waals surface area contributed by atoms with Gasteiger partial charge in [-0.25, -0.2) is 4.79 Å². The predicted molar refractivity (Wildman–Crippen MR) is 93.3 cm³/mol. The number of rotatable bonds is 6. The Hall–Kier alpha value is -2.49. The lowest BCUT2D eigenvalue weighted by Gasteiger charge is -2.19. The molecule has 0 atom stereocenters. The summed E-state index contributed by atoms with van der Waals surface area (Å²) in [5.41, 5.74) is 2.70. The van der Waals surface area contributed by atoms with Gasteiger partial charge in [-0.2, -0.15) is 0 Å². The van der Waals surface area contributed by atoms with Crippen molar-refractivity contribution in [2.75, 3.05) is 11.4 Å². The van der Waals surface area contributed by atoms with E-state index >= 15 is 0 Å². The molecule has 0 saturated heterocycles. The second kappa shape index (κ2) is 7.68. The first-order valence-corrected chi connectivity index (χ1v) is 7.89. The molecule has 0 fully saturated rings. The third kappa shape index (κ3) is 4.25. The van der Waals surface area contributed by atoms with Crippen LogP contribution >= 0.6 is 0 Å². The molecule has 2 aromatic carbocycles. The molecule has 4 heteroatoms. The lowest BCUT2D eigenvalue weighted by molar-refractivity contribution is 0.202. The van der Waals surface area contributed by atoms with Crippen molar-refractivity contribution in [3.63, 3.8) is 0 Å². The monoisotopic (exact) mass is 313 g/mol. The molecule has 1 N–H and O–H groups in total. The zero-order chi connectivity index (χ0) is 16.8. The normalized spacial score (nSPS) is 10.6. The molecule has 0 aliphatic carbocycles. The zero-order valence-electron chi connectivity index (χ0n) is 13.8. The standard InChI is InChI=1S/C19H23NO3/c1-4-13-20(19(21)22)16-11-9-15(10-12-16)17-7-5-6-8-18(17)23-14(2)3/h5-12,14H,4,13H2,1-3H3,(H,21,22). The lowest BCUT2D eigenvalue weighted by atomic mass is 10.0. The topological polar surface area (TPSA) is 49.8 Å². The summed E-state index contributed by atoms with van der Waals surface area (Å²) in [6, 6.07) is 15.4. The van der Waals surface area contributed by atoms with Crippen LogP contribution in [-0.4, -0.2) is 23.8 Å². The van der Waals surface area contributed by atoms with E-state index in [0.29, 0.717) is 12.2 Å². The van der Waals surface area contributed by atoms with Crippen molar-refractivity contribution < 1.29 is 14.6 Å². The SMILES string of the molecule is CCCN(C(=O)O)c1ccc(-c2ccccc2OC(C)C)cc1. The molecule has 0 heterocycles. The minimum atomic E-state index is -0.928. The van der Waals surface area contributed by atoms with Crippen molar-refractivity contribution in [2.24, 2.45) is 0 Å². The van der Waals surface area contributed by atoms with Crippen LogP contribution in [0, 0.1) is 0 Å². The maximum absolute atomic E-state index is 11.3. The molecule has 0 aromatic heterocycles. The highest BCUT2D eigenvalue weighted by atomic mass is 16.5. The Balaban J connectivity index is 2.31. The van der Waals surface area contributed by atoms with Crippen molar-refractivity contribution in [3.8, 4) is 16.9 Å². The number of nitrogens with zero attached hydrogens (tertiary/aromatic N) is 1. The van der Waals surface area contributed by atoms with Gasteiger partial charge in [-0.05, 0) is 44.0 Å². The van der Waals surface area contributed by atoms with Crippen LogP contribution in [0.2, 0.25) is 0 Å². The molecule has 2 aromatic rings. The Bertz CT molecular complexity index is 650. The molecule has 122 valence electrons. The number of para-hydroxylation sites is 1. The fourth-order valence-electron chi connectivity index (χ4n) is 2.44. The number of hydrogen-bond donors (Lipinski definition) is 1. The van der Waals surface area contributed by atoms with Crippen LogP contribution in [0.4, 0.5) is 10.5 Å². The number of hydrogen-bond acceptors (Lipinski definition) is 2. The van der Waals surface area contributed by atoms with E-state index in [9.17, 15) is 9.90 Å². The van der Waals surface area contributed by atoms with Gasteiger partial charge in [-0.1, -0.05) is 37.3 Å². The summed E-state index contributed by atoms with van der Waals surface area (Å²) in [5.74, 6) is 0.832. The average Bonchev–Trinajstić information content (AvgIpc) is 2.52. The summed E-state index contributed by atoms with van der Waals surface area (Å²) < 4.78 is 5.85. The van der Waals surface area contributed by atoms with Gasteiger partial charge < -0.3 is 9.84 Å². The Morgan fingerprint density at radius 3 is 2.35 bits per heavy atom. The van der Waals surface area contributed by atoms with Gasteiger partial charge >= 0.3 is 6.09 Å². The molecule has 23 heavy (non-hydrogen) atoms. The maximum atomic E-state index is 11.3. The van der Waals surface area contributed by atoms with E-state index in [-0.39, 0.29) is 6.10 Å². The molecule has 0 spiro atoms. The first kappa shape index (κ1) is 16.9. The first-order chi connectivity index (χ1) is 11.0. The summed E-state index contributed by atoms with van der Waals surface area (Å²) >= 11 is 0. The fourth-order valence-corrected chi connectivity index (χ4v) is 2.44. The summed E-state index contributed by atoms with van der Waals surface area (Å²) in [7, 11) is 0. The van der Waals surface area contributed by atoms with Crippen LogP contribution in [-0.2, 0) is 0 Å². The summed E-state index contributed by atoms with van der Waals surface area (Å²) in [6.45, 7) is 6.44. The summed E-state index contributed by atoms with van der Waals surface area (Å²) in [6.07, 6.45) is -0.0512. The minimum Gasteiger partial charge on any atom is -0.490 e.